The number of aryl methyl sites for hydroxylation is 1. The molecule has 0 radical (unpaired) electrons. The Balaban J connectivity index is 2.27. The summed E-state index contributed by atoms with van der Waals surface area (Å²) in [5, 5.41) is 19.4. The van der Waals surface area contributed by atoms with Crippen LogP contribution in [0.4, 0.5) is 0 Å². The highest BCUT2D eigenvalue weighted by Gasteiger charge is 2.10. The number of aromatic hydroxyl groups is 2. The number of hydrogen-bond acceptors (Lipinski definition) is 4. The van der Waals surface area contributed by atoms with E-state index in [1.807, 2.05) is 0 Å². The van der Waals surface area contributed by atoms with Gasteiger partial charge in [0.1, 0.15) is 28.2 Å². The maximum absolute atomic E-state index is 12.1. The number of phenols is 2. The molecule has 3 rings (SSSR count). The molecule has 3 aromatic rings. The Morgan fingerprint density at radius 1 is 1.00 bits per heavy atom. The SMILES string of the molecule is Cc1cc(-c2cc(=O)c3c(O)cccc3o2)ccc1O. The lowest BCUT2D eigenvalue weighted by Gasteiger charge is -2.06. The maximum Gasteiger partial charge on any atom is 0.197 e. The molecule has 0 saturated heterocycles. The highest BCUT2D eigenvalue weighted by atomic mass is 16.3. The predicted molar refractivity (Wildman–Crippen MR) is 76.0 cm³/mol. The number of fused-ring (bicyclic) bond motifs is 1. The standard InChI is InChI=1S/C16H12O4/c1-9-7-10(5-6-11(9)17)15-8-13(19)16-12(18)3-2-4-14(16)20-15/h2-8,17-18H,1H3. The van der Waals surface area contributed by atoms with Crippen LogP contribution >= 0.6 is 0 Å². The topological polar surface area (TPSA) is 70.7 Å². The smallest absolute Gasteiger partial charge is 0.197 e. The van der Waals surface area contributed by atoms with E-state index in [9.17, 15) is 15.0 Å². The number of benzene rings is 2. The van der Waals surface area contributed by atoms with Crippen LogP contribution in [-0.4, -0.2) is 10.2 Å². The van der Waals surface area contributed by atoms with Crippen LogP contribution in [-0.2, 0) is 0 Å². The van der Waals surface area contributed by atoms with E-state index >= 15 is 0 Å². The van der Waals surface area contributed by atoms with Crippen molar-refractivity contribution < 1.29 is 14.6 Å². The van der Waals surface area contributed by atoms with Crippen molar-refractivity contribution in [2.45, 2.75) is 6.92 Å². The lowest BCUT2D eigenvalue weighted by molar-refractivity contribution is 0.471. The maximum atomic E-state index is 12.1. The van der Waals surface area contributed by atoms with Crippen LogP contribution in [0.1, 0.15) is 5.56 Å². The molecule has 0 fully saturated rings. The minimum absolute atomic E-state index is 0.0929. The van der Waals surface area contributed by atoms with E-state index in [1.165, 1.54) is 12.1 Å². The van der Waals surface area contributed by atoms with Crippen LogP contribution in [0.3, 0.4) is 0 Å². The van der Waals surface area contributed by atoms with E-state index in [2.05, 4.69) is 0 Å². The van der Waals surface area contributed by atoms with Gasteiger partial charge in [-0.05, 0) is 42.8 Å². The van der Waals surface area contributed by atoms with Gasteiger partial charge in [-0.3, -0.25) is 4.79 Å². The van der Waals surface area contributed by atoms with Gasteiger partial charge in [0.25, 0.3) is 0 Å². The highest BCUT2D eigenvalue weighted by Crippen LogP contribution is 2.28. The van der Waals surface area contributed by atoms with Crippen molar-refractivity contribution in [3.63, 3.8) is 0 Å². The van der Waals surface area contributed by atoms with E-state index in [0.29, 0.717) is 22.5 Å². The summed E-state index contributed by atoms with van der Waals surface area (Å²) in [4.78, 5) is 12.1. The first-order chi connectivity index (χ1) is 9.56. The second-order valence-corrected chi connectivity index (χ2v) is 4.63. The van der Waals surface area contributed by atoms with Crippen molar-refractivity contribution >= 4 is 11.0 Å². The molecule has 0 spiro atoms. The number of hydrogen-bond donors (Lipinski definition) is 2. The van der Waals surface area contributed by atoms with Crippen molar-refractivity contribution in [1.82, 2.24) is 0 Å². The molecule has 0 amide bonds. The quantitative estimate of drug-likeness (QED) is 0.711. The fourth-order valence-electron chi connectivity index (χ4n) is 2.14. The molecular weight excluding hydrogens is 256 g/mol. The van der Waals surface area contributed by atoms with E-state index < -0.39 is 0 Å². The van der Waals surface area contributed by atoms with E-state index in [4.69, 9.17) is 4.42 Å². The third-order valence-electron chi connectivity index (χ3n) is 3.21. The van der Waals surface area contributed by atoms with Crippen LogP contribution in [0.25, 0.3) is 22.3 Å². The molecule has 2 aromatic carbocycles. The fourth-order valence-corrected chi connectivity index (χ4v) is 2.14. The van der Waals surface area contributed by atoms with E-state index in [0.717, 1.165) is 0 Å². The zero-order valence-electron chi connectivity index (χ0n) is 10.8. The van der Waals surface area contributed by atoms with Crippen molar-refractivity contribution in [3.05, 3.63) is 58.3 Å². The van der Waals surface area contributed by atoms with Crippen LogP contribution in [0.5, 0.6) is 11.5 Å². The van der Waals surface area contributed by atoms with Crippen LogP contribution < -0.4 is 5.43 Å². The Morgan fingerprint density at radius 2 is 1.80 bits per heavy atom. The van der Waals surface area contributed by atoms with Crippen molar-refractivity contribution in [2.75, 3.05) is 0 Å². The largest absolute Gasteiger partial charge is 0.508 e. The molecule has 0 aliphatic rings. The second-order valence-electron chi connectivity index (χ2n) is 4.63. The normalized spacial score (nSPS) is 10.8. The third-order valence-corrected chi connectivity index (χ3v) is 3.21. The molecule has 20 heavy (non-hydrogen) atoms. The molecule has 0 aliphatic carbocycles. The summed E-state index contributed by atoms with van der Waals surface area (Å²) in [6.07, 6.45) is 0. The first kappa shape index (κ1) is 12.3. The van der Waals surface area contributed by atoms with Gasteiger partial charge in [-0.2, -0.15) is 0 Å². The monoisotopic (exact) mass is 268 g/mol. The first-order valence-electron chi connectivity index (χ1n) is 6.12. The Labute approximate surface area is 114 Å². The summed E-state index contributed by atoms with van der Waals surface area (Å²) in [6.45, 7) is 1.77. The molecule has 100 valence electrons. The molecule has 4 heteroatoms. The first-order valence-corrected chi connectivity index (χ1v) is 6.12. The van der Waals surface area contributed by atoms with Gasteiger partial charge in [0.05, 0.1) is 0 Å². The summed E-state index contributed by atoms with van der Waals surface area (Å²) in [6, 6.07) is 11.0. The van der Waals surface area contributed by atoms with Gasteiger partial charge in [-0.25, -0.2) is 0 Å². The fraction of sp³-hybridized carbons (Fsp3) is 0.0625. The Bertz CT molecular complexity index is 862. The predicted octanol–water partition coefficient (Wildman–Crippen LogP) is 3.18. The second kappa shape index (κ2) is 4.42. The highest BCUT2D eigenvalue weighted by molar-refractivity contribution is 5.84. The summed E-state index contributed by atoms with van der Waals surface area (Å²) in [5.41, 5.74) is 1.42. The van der Waals surface area contributed by atoms with Gasteiger partial charge < -0.3 is 14.6 Å². The van der Waals surface area contributed by atoms with Crippen LogP contribution in [0.15, 0.2) is 51.7 Å². The van der Waals surface area contributed by atoms with Gasteiger partial charge >= 0.3 is 0 Å². The zero-order chi connectivity index (χ0) is 14.3. The van der Waals surface area contributed by atoms with Crippen molar-refractivity contribution in [2.24, 2.45) is 0 Å². The third kappa shape index (κ3) is 1.91. The minimum atomic E-state index is -0.301. The number of phenolic OH excluding ortho intramolecular Hbond substituents is 2. The lowest BCUT2D eigenvalue weighted by Crippen LogP contribution is -2.00. The zero-order valence-corrected chi connectivity index (χ0v) is 10.8. The average Bonchev–Trinajstić information content (AvgIpc) is 2.41. The van der Waals surface area contributed by atoms with Crippen molar-refractivity contribution in [1.29, 1.82) is 0 Å². The average molecular weight is 268 g/mol. The molecule has 0 aliphatic heterocycles. The van der Waals surface area contributed by atoms with Crippen LogP contribution in [0, 0.1) is 6.92 Å². The molecule has 0 atom stereocenters. The molecule has 4 nitrogen and oxygen atoms in total. The van der Waals surface area contributed by atoms with Crippen molar-refractivity contribution in [3.8, 4) is 22.8 Å². The summed E-state index contributed by atoms with van der Waals surface area (Å²) in [5.74, 6) is 0.496. The van der Waals surface area contributed by atoms with Gasteiger partial charge in [0.15, 0.2) is 5.43 Å². The van der Waals surface area contributed by atoms with E-state index in [1.54, 1.807) is 37.3 Å². The summed E-state index contributed by atoms with van der Waals surface area (Å²) < 4.78 is 5.66. The van der Waals surface area contributed by atoms with Crippen LogP contribution in [0.2, 0.25) is 0 Å². The molecule has 1 heterocycles. The summed E-state index contributed by atoms with van der Waals surface area (Å²) >= 11 is 0. The molecular formula is C16H12O4. The molecule has 1 aromatic heterocycles. The Kier molecular flexibility index (Phi) is 2.71. The Hall–Kier alpha value is -2.75. The van der Waals surface area contributed by atoms with Gasteiger partial charge in [0, 0.05) is 11.6 Å². The molecule has 2 N–H and O–H groups in total. The van der Waals surface area contributed by atoms with Gasteiger partial charge in [-0.1, -0.05) is 6.07 Å². The van der Waals surface area contributed by atoms with Gasteiger partial charge in [0.2, 0.25) is 0 Å². The Morgan fingerprint density at radius 3 is 2.55 bits per heavy atom. The van der Waals surface area contributed by atoms with E-state index in [-0.39, 0.29) is 22.3 Å². The van der Waals surface area contributed by atoms with Gasteiger partial charge in [-0.15, -0.1) is 0 Å². The lowest BCUT2D eigenvalue weighted by atomic mass is 10.1. The molecule has 0 saturated carbocycles. The summed E-state index contributed by atoms with van der Waals surface area (Å²) in [7, 11) is 0. The molecule has 0 bridgehead atoms. The number of rotatable bonds is 1. The molecule has 0 unspecified atom stereocenters. The minimum Gasteiger partial charge on any atom is -0.508 e.